The largest absolute Gasteiger partial charge is 0.354 e. The summed E-state index contributed by atoms with van der Waals surface area (Å²) in [6.07, 6.45) is 4.18. The van der Waals surface area contributed by atoms with Gasteiger partial charge < -0.3 is 16.0 Å². The predicted molar refractivity (Wildman–Crippen MR) is 103 cm³/mol. The fourth-order valence-electron chi connectivity index (χ4n) is 3.86. The van der Waals surface area contributed by atoms with Crippen LogP contribution in [0.5, 0.6) is 0 Å². The van der Waals surface area contributed by atoms with Crippen molar-refractivity contribution >= 4 is 17.5 Å². The molecule has 1 aromatic carbocycles. The van der Waals surface area contributed by atoms with Crippen LogP contribution in [0.1, 0.15) is 31.2 Å². The van der Waals surface area contributed by atoms with Gasteiger partial charge in [-0.2, -0.15) is 0 Å². The number of likely N-dealkylation sites (tertiary alicyclic amines) is 1. The standard InChI is InChI=1S/C20H30N4O2/c1-15-5-2-7-17(11-15)23-19(25)14-24-10-4-6-16(13-24)12-22-20(26)18-8-3-9-21-18/h2,5,7,11,16,18,21H,3-4,6,8-10,12-14H2,1H3,(H,22,26)(H,23,25). The summed E-state index contributed by atoms with van der Waals surface area (Å²) >= 11 is 0. The Balaban J connectivity index is 1.41. The van der Waals surface area contributed by atoms with Crippen LogP contribution in [-0.4, -0.2) is 55.5 Å². The van der Waals surface area contributed by atoms with Crippen LogP contribution in [0.15, 0.2) is 24.3 Å². The minimum Gasteiger partial charge on any atom is -0.354 e. The summed E-state index contributed by atoms with van der Waals surface area (Å²) in [5, 5.41) is 9.29. The highest BCUT2D eigenvalue weighted by Crippen LogP contribution is 2.16. The van der Waals surface area contributed by atoms with E-state index in [0.29, 0.717) is 19.0 Å². The Labute approximate surface area is 155 Å². The number of aryl methyl sites for hydroxylation is 1. The van der Waals surface area contributed by atoms with Crippen molar-refractivity contribution in [1.29, 1.82) is 0 Å². The van der Waals surface area contributed by atoms with Gasteiger partial charge in [0.2, 0.25) is 11.8 Å². The normalized spacial score (nSPS) is 23.6. The molecule has 2 heterocycles. The average Bonchev–Trinajstić information content (AvgIpc) is 3.14. The molecule has 142 valence electrons. The van der Waals surface area contributed by atoms with E-state index in [1.165, 1.54) is 0 Å². The summed E-state index contributed by atoms with van der Waals surface area (Å²) in [5.74, 6) is 0.563. The Hall–Kier alpha value is -1.92. The minimum atomic E-state index is -0.0187. The molecule has 0 aliphatic carbocycles. The first-order valence-electron chi connectivity index (χ1n) is 9.70. The summed E-state index contributed by atoms with van der Waals surface area (Å²) in [7, 11) is 0. The molecule has 2 atom stereocenters. The smallest absolute Gasteiger partial charge is 0.238 e. The van der Waals surface area contributed by atoms with Gasteiger partial charge in [-0.15, -0.1) is 0 Å². The van der Waals surface area contributed by atoms with E-state index in [1.54, 1.807) is 0 Å². The molecule has 0 saturated carbocycles. The summed E-state index contributed by atoms with van der Waals surface area (Å²) in [6.45, 7) is 5.86. The molecule has 6 nitrogen and oxygen atoms in total. The summed E-state index contributed by atoms with van der Waals surface area (Å²) in [6, 6.07) is 7.83. The molecule has 2 amide bonds. The van der Waals surface area contributed by atoms with Crippen molar-refractivity contribution in [2.75, 3.05) is 38.0 Å². The second-order valence-corrected chi connectivity index (χ2v) is 7.56. The maximum atomic E-state index is 12.3. The van der Waals surface area contributed by atoms with Crippen molar-refractivity contribution < 1.29 is 9.59 Å². The Morgan fingerprint density at radius 1 is 1.27 bits per heavy atom. The molecule has 2 aliphatic rings. The number of nitrogens with zero attached hydrogens (tertiary/aromatic N) is 1. The molecule has 26 heavy (non-hydrogen) atoms. The molecule has 2 saturated heterocycles. The highest BCUT2D eigenvalue weighted by atomic mass is 16.2. The van der Waals surface area contributed by atoms with Crippen molar-refractivity contribution in [3.05, 3.63) is 29.8 Å². The first kappa shape index (κ1) is 18.9. The molecule has 2 unspecified atom stereocenters. The number of hydrogen-bond acceptors (Lipinski definition) is 4. The van der Waals surface area contributed by atoms with Gasteiger partial charge in [0.15, 0.2) is 0 Å². The molecule has 2 fully saturated rings. The lowest BCUT2D eigenvalue weighted by Crippen LogP contribution is -2.46. The third-order valence-corrected chi connectivity index (χ3v) is 5.21. The van der Waals surface area contributed by atoms with Crippen LogP contribution in [0.25, 0.3) is 0 Å². The minimum absolute atomic E-state index is 0.0187. The summed E-state index contributed by atoms with van der Waals surface area (Å²) in [4.78, 5) is 26.6. The van der Waals surface area contributed by atoms with Gasteiger partial charge in [-0.3, -0.25) is 14.5 Å². The quantitative estimate of drug-likeness (QED) is 0.721. The highest BCUT2D eigenvalue weighted by molar-refractivity contribution is 5.92. The van der Waals surface area contributed by atoms with E-state index in [-0.39, 0.29) is 17.9 Å². The van der Waals surface area contributed by atoms with Crippen molar-refractivity contribution in [3.63, 3.8) is 0 Å². The zero-order chi connectivity index (χ0) is 18.4. The van der Waals surface area contributed by atoms with Gasteiger partial charge >= 0.3 is 0 Å². The van der Waals surface area contributed by atoms with E-state index in [0.717, 1.165) is 56.6 Å². The molecule has 6 heteroatoms. The van der Waals surface area contributed by atoms with Gasteiger partial charge in [-0.05, 0) is 69.3 Å². The number of carbonyl (C=O) groups is 2. The first-order valence-corrected chi connectivity index (χ1v) is 9.70. The van der Waals surface area contributed by atoms with E-state index in [9.17, 15) is 9.59 Å². The van der Waals surface area contributed by atoms with Crippen molar-refractivity contribution in [2.45, 2.75) is 38.6 Å². The Morgan fingerprint density at radius 3 is 2.92 bits per heavy atom. The van der Waals surface area contributed by atoms with E-state index < -0.39 is 0 Å². The van der Waals surface area contributed by atoms with E-state index >= 15 is 0 Å². The molecular formula is C20H30N4O2. The number of anilines is 1. The Morgan fingerprint density at radius 2 is 2.15 bits per heavy atom. The second-order valence-electron chi connectivity index (χ2n) is 7.56. The van der Waals surface area contributed by atoms with Crippen LogP contribution in [0.4, 0.5) is 5.69 Å². The van der Waals surface area contributed by atoms with E-state index in [2.05, 4.69) is 20.9 Å². The van der Waals surface area contributed by atoms with Crippen molar-refractivity contribution in [3.8, 4) is 0 Å². The molecule has 0 radical (unpaired) electrons. The van der Waals surface area contributed by atoms with Crippen LogP contribution in [0, 0.1) is 12.8 Å². The number of nitrogens with one attached hydrogen (secondary N) is 3. The molecule has 0 bridgehead atoms. The predicted octanol–water partition coefficient (Wildman–Crippen LogP) is 1.51. The van der Waals surface area contributed by atoms with Crippen LogP contribution < -0.4 is 16.0 Å². The van der Waals surface area contributed by atoms with Gasteiger partial charge in [-0.25, -0.2) is 0 Å². The molecule has 1 aromatic rings. The zero-order valence-corrected chi connectivity index (χ0v) is 15.6. The summed E-state index contributed by atoms with van der Waals surface area (Å²) < 4.78 is 0. The zero-order valence-electron chi connectivity index (χ0n) is 15.6. The van der Waals surface area contributed by atoms with E-state index in [1.807, 2.05) is 31.2 Å². The molecular weight excluding hydrogens is 328 g/mol. The maximum absolute atomic E-state index is 12.3. The molecule has 3 rings (SSSR count). The second kappa shape index (κ2) is 9.14. The topological polar surface area (TPSA) is 73.5 Å². The van der Waals surface area contributed by atoms with Crippen LogP contribution in [-0.2, 0) is 9.59 Å². The Bertz CT molecular complexity index is 628. The number of piperidine rings is 1. The lowest BCUT2D eigenvalue weighted by molar-refractivity contribution is -0.123. The van der Waals surface area contributed by atoms with E-state index in [4.69, 9.17) is 0 Å². The highest BCUT2D eigenvalue weighted by Gasteiger charge is 2.25. The molecule has 0 aromatic heterocycles. The van der Waals surface area contributed by atoms with Crippen molar-refractivity contribution in [1.82, 2.24) is 15.5 Å². The fraction of sp³-hybridized carbons (Fsp3) is 0.600. The number of amides is 2. The number of benzene rings is 1. The Kier molecular flexibility index (Phi) is 6.63. The fourth-order valence-corrected chi connectivity index (χ4v) is 3.86. The third kappa shape index (κ3) is 5.54. The average molecular weight is 358 g/mol. The molecule has 2 aliphatic heterocycles. The SMILES string of the molecule is Cc1cccc(NC(=O)CN2CCCC(CNC(=O)C3CCCN3)C2)c1. The lowest BCUT2D eigenvalue weighted by atomic mass is 9.98. The van der Waals surface area contributed by atoms with Gasteiger partial charge in [-0.1, -0.05) is 12.1 Å². The number of hydrogen-bond donors (Lipinski definition) is 3. The number of carbonyl (C=O) groups excluding carboxylic acids is 2. The van der Waals surface area contributed by atoms with Gasteiger partial charge in [0.05, 0.1) is 12.6 Å². The van der Waals surface area contributed by atoms with Crippen LogP contribution in [0.2, 0.25) is 0 Å². The van der Waals surface area contributed by atoms with Gasteiger partial charge in [0, 0.05) is 18.8 Å². The lowest BCUT2D eigenvalue weighted by Gasteiger charge is -2.32. The van der Waals surface area contributed by atoms with Gasteiger partial charge in [0.25, 0.3) is 0 Å². The van der Waals surface area contributed by atoms with Gasteiger partial charge in [0.1, 0.15) is 0 Å². The van der Waals surface area contributed by atoms with Crippen LogP contribution >= 0.6 is 0 Å². The molecule has 3 N–H and O–H groups in total. The summed E-state index contributed by atoms with van der Waals surface area (Å²) in [5.41, 5.74) is 1.98. The third-order valence-electron chi connectivity index (χ3n) is 5.21. The molecule has 0 spiro atoms. The number of rotatable bonds is 6. The van der Waals surface area contributed by atoms with Crippen molar-refractivity contribution in [2.24, 2.45) is 5.92 Å². The van der Waals surface area contributed by atoms with Crippen LogP contribution in [0.3, 0.4) is 0 Å². The maximum Gasteiger partial charge on any atom is 0.238 e. The first-order chi connectivity index (χ1) is 12.6. The monoisotopic (exact) mass is 358 g/mol.